The summed E-state index contributed by atoms with van der Waals surface area (Å²) in [6.07, 6.45) is 4.26. The average molecular weight is 352 g/mol. The molecule has 0 spiro atoms. The van der Waals surface area contributed by atoms with Crippen molar-refractivity contribution < 1.29 is 8.95 Å². The van der Waals surface area contributed by atoms with Gasteiger partial charge in [0, 0.05) is 47.0 Å². The van der Waals surface area contributed by atoms with Crippen molar-refractivity contribution in [3.05, 3.63) is 29.8 Å². The normalized spacial score (nSPS) is 22.7. The molecule has 0 aliphatic heterocycles. The van der Waals surface area contributed by atoms with Gasteiger partial charge >= 0.3 is 0 Å². The maximum atomic E-state index is 12.1. The van der Waals surface area contributed by atoms with Crippen LogP contribution in [0.2, 0.25) is 0 Å². The third-order valence-corrected chi connectivity index (χ3v) is 6.23. The minimum Gasteiger partial charge on any atom is -0.496 e. The summed E-state index contributed by atoms with van der Waals surface area (Å²) in [5.74, 6) is 2.41. The third-order valence-electron chi connectivity index (χ3n) is 4.49. The van der Waals surface area contributed by atoms with Gasteiger partial charge in [0.1, 0.15) is 5.75 Å². The number of nitrogens with zero attached hydrogens (tertiary/aromatic N) is 1. The molecular formula is C18H29N3O2S. The standard InChI is InChI=1S/C18H29N3O2S/c1-4-24(22)16-10-7-9-15(12-16)21-18(19-2)20-13-14-8-5-6-11-17(14)23-3/h5-6,8,11,15-16H,4,7,9-10,12-13H2,1-3H3,(H2,19,20,21). The molecule has 1 saturated carbocycles. The van der Waals surface area contributed by atoms with Crippen molar-refractivity contribution in [1.82, 2.24) is 10.6 Å². The molecular weight excluding hydrogens is 322 g/mol. The van der Waals surface area contributed by atoms with E-state index in [0.717, 1.165) is 48.7 Å². The fraction of sp³-hybridized carbons (Fsp3) is 0.611. The first-order valence-corrected chi connectivity index (χ1v) is 10.0. The molecule has 0 amide bonds. The summed E-state index contributed by atoms with van der Waals surface area (Å²) < 4.78 is 17.5. The minimum atomic E-state index is -0.706. The second-order valence-electron chi connectivity index (χ2n) is 6.04. The number of nitrogens with one attached hydrogen (secondary N) is 2. The molecule has 2 N–H and O–H groups in total. The highest BCUT2D eigenvalue weighted by atomic mass is 32.2. The molecule has 1 aliphatic rings. The van der Waals surface area contributed by atoms with Gasteiger partial charge in [-0.2, -0.15) is 0 Å². The highest BCUT2D eigenvalue weighted by molar-refractivity contribution is 7.85. The molecule has 1 fully saturated rings. The van der Waals surface area contributed by atoms with E-state index in [1.165, 1.54) is 0 Å². The van der Waals surface area contributed by atoms with Gasteiger partial charge in [-0.15, -0.1) is 0 Å². The molecule has 0 heterocycles. The van der Waals surface area contributed by atoms with E-state index in [1.54, 1.807) is 14.2 Å². The first-order valence-electron chi connectivity index (χ1n) is 8.64. The van der Waals surface area contributed by atoms with Gasteiger partial charge < -0.3 is 15.4 Å². The van der Waals surface area contributed by atoms with Crippen LogP contribution in [0.5, 0.6) is 5.75 Å². The van der Waals surface area contributed by atoms with Gasteiger partial charge in [-0.1, -0.05) is 31.5 Å². The number of ether oxygens (including phenoxy) is 1. The largest absolute Gasteiger partial charge is 0.496 e. The topological polar surface area (TPSA) is 62.7 Å². The molecule has 5 nitrogen and oxygen atoms in total. The van der Waals surface area contributed by atoms with Gasteiger partial charge in [-0.05, 0) is 25.3 Å². The summed E-state index contributed by atoms with van der Waals surface area (Å²) in [6, 6.07) is 8.30. The van der Waals surface area contributed by atoms with Crippen molar-refractivity contribution in [2.75, 3.05) is 19.9 Å². The Morgan fingerprint density at radius 3 is 2.88 bits per heavy atom. The molecule has 1 aromatic rings. The van der Waals surface area contributed by atoms with Crippen LogP contribution in [0.3, 0.4) is 0 Å². The van der Waals surface area contributed by atoms with E-state index in [-0.39, 0.29) is 0 Å². The van der Waals surface area contributed by atoms with Gasteiger partial charge in [-0.25, -0.2) is 0 Å². The molecule has 0 saturated heterocycles. The number of hydrogen-bond acceptors (Lipinski definition) is 3. The second kappa shape index (κ2) is 9.67. The Hall–Kier alpha value is -1.56. The van der Waals surface area contributed by atoms with Crippen molar-refractivity contribution >= 4 is 16.8 Å². The number of para-hydroxylation sites is 1. The van der Waals surface area contributed by atoms with Gasteiger partial charge in [0.05, 0.1) is 7.11 Å². The number of aliphatic imine (C=N–C) groups is 1. The molecule has 0 radical (unpaired) electrons. The number of hydrogen-bond donors (Lipinski definition) is 2. The SMILES string of the molecule is CCS(=O)C1CCCC(NC(=NC)NCc2ccccc2OC)C1. The van der Waals surface area contributed by atoms with E-state index in [1.807, 2.05) is 31.2 Å². The van der Waals surface area contributed by atoms with Gasteiger partial charge in [-0.3, -0.25) is 9.20 Å². The Labute approximate surface area is 147 Å². The Balaban J connectivity index is 1.89. The van der Waals surface area contributed by atoms with Gasteiger partial charge in [0.15, 0.2) is 5.96 Å². The molecule has 2 rings (SSSR count). The smallest absolute Gasteiger partial charge is 0.191 e. The number of rotatable bonds is 6. The maximum Gasteiger partial charge on any atom is 0.191 e. The number of methoxy groups -OCH3 is 1. The molecule has 134 valence electrons. The Morgan fingerprint density at radius 1 is 1.38 bits per heavy atom. The lowest BCUT2D eigenvalue weighted by molar-refractivity contribution is 0.407. The Kier molecular flexibility index (Phi) is 7.56. The molecule has 6 heteroatoms. The highest BCUT2D eigenvalue weighted by Crippen LogP contribution is 2.23. The van der Waals surface area contributed by atoms with Crippen molar-refractivity contribution in [1.29, 1.82) is 0 Å². The quantitative estimate of drug-likeness (QED) is 0.610. The van der Waals surface area contributed by atoms with Crippen LogP contribution in [0.25, 0.3) is 0 Å². The zero-order valence-electron chi connectivity index (χ0n) is 14.9. The van der Waals surface area contributed by atoms with Crippen molar-refractivity contribution in [2.24, 2.45) is 4.99 Å². The summed E-state index contributed by atoms with van der Waals surface area (Å²) >= 11 is 0. The lowest BCUT2D eigenvalue weighted by Crippen LogP contribution is -2.46. The third kappa shape index (κ3) is 5.23. The fourth-order valence-corrected chi connectivity index (χ4v) is 4.51. The van der Waals surface area contributed by atoms with Gasteiger partial charge in [0.2, 0.25) is 0 Å². The van der Waals surface area contributed by atoms with Crippen LogP contribution in [0.1, 0.15) is 38.2 Å². The van der Waals surface area contributed by atoms with E-state index in [0.29, 0.717) is 17.8 Å². The number of benzene rings is 1. The van der Waals surface area contributed by atoms with Crippen LogP contribution >= 0.6 is 0 Å². The van der Waals surface area contributed by atoms with E-state index in [4.69, 9.17) is 4.74 Å². The number of guanidine groups is 1. The second-order valence-corrected chi connectivity index (χ2v) is 8.04. The van der Waals surface area contributed by atoms with E-state index >= 15 is 0 Å². The predicted molar refractivity (Wildman–Crippen MR) is 101 cm³/mol. The van der Waals surface area contributed by atoms with Gasteiger partial charge in [0.25, 0.3) is 0 Å². The van der Waals surface area contributed by atoms with Crippen LogP contribution in [-0.4, -0.2) is 41.4 Å². The Bertz CT molecular complexity index is 577. The van der Waals surface area contributed by atoms with Crippen LogP contribution < -0.4 is 15.4 Å². The first-order chi connectivity index (χ1) is 11.7. The van der Waals surface area contributed by atoms with E-state index in [2.05, 4.69) is 15.6 Å². The van der Waals surface area contributed by atoms with E-state index < -0.39 is 10.8 Å². The molecule has 1 aromatic carbocycles. The summed E-state index contributed by atoms with van der Waals surface area (Å²) in [4.78, 5) is 4.32. The predicted octanol–water partition coefficient (Wildman–Crippen LogP) is 2.44. The maximum absolute atomic E-state index is 12.1. The average Bonchev–Trinajstić information content (AvgIpc) is 2.64. The van der Waals surface area contributed by atoms with Crippen molar-refractivity contribution in [3.63, 3.8) is 0 Å². The summed E-state index contributed by atoms with van der Waals surface area (Å²) in [7, 11) is 2.76. The fourth-order valence-electron chi connectivity index (χ4n) is 3.17. The molecule has 3 atom stereocenters. The molecule has 1 aliphatic carbocycles. The van der Waals surface area contributed by atoms with Crippen LogP contribution in [0, 0.1) is 0 Å². The lowest BCUT2D eigenvalue weighted by atomic mass is 9.95. The summed E-state index contributed by atoms with van der Waals surface area (Å²) in [6.45, 7) is 2.65. The monoisotopic (exact) mass is 351 g/mol. The lowest BCUT2D eigenvalue weighted by Gasteiger charge is -2.30. The zero-order valence-corrected chi connectivity index (χ0v) is 15.7. The summed E-state index contributed by atoms with van der Waals surface area (Å²) in [5, 5.41) is 7.15. The summed E-state index contributed by atoms with van der Waals surface area (Å²) in [5.41, 5.74) is 1.09. The highest BCUT2D eigenvalue weighted by Gasteiger charge is 2.26. The minimum absolute atomic E-state index is 0.313. The van der Waals surface area contributed by atoms with Crippen molar-refractivity contribution in [3.8, 4) is 5.75 Å². The van der Waals surface area contributed by atoms with Crippen LogP contribution in [0.15, 0.2) is 29.3 Å². The molecule has 0 bridgehead atoms. The van der Waals surface area contributed by atoms with Crippen LogP contribution in [0.4, 0.5) is 0 Å². The molecule has 3 unspecified atom stereocenters. The molecule has 24 heavy (non-hydrogen) atoms. The van der Waals surface area contributed by atoms with Crippen LogP contribution in [-0.2, 0) is 17.3 Å². The Morgan fingerprint density at radius 2 is 2.17 bits per heavy atom. The molecule has 0 aromatic heterocycles. The van der Waals surface area contributed by atoms with Crippen molar-refractivity contribution in [2.45, 2.75) is 50.4 Å². The zero-order chi connectivity index (χ0) is 17.4. The first kappa shape index (κ1) is 18.8. The van der Waals surface area contributed by atoms with E-state index in [9.17, 15) is 4.21 Å².